The van der Waals surface area contributed by atoms with Gasteiger partial charge in [-0.15, -0.1) is 0 Å². The van der Waals surface area contributed by atoms with Gasteiger partial charge >= 0.3 is 0 Å². The summed E-state index contributed by atoms with van der Waals surface area (Å²) in [5.41, 5.74) is 0.459. The number of halogens is 2. The van der Waals surface area contributed by atoms with Crippen molar-refractivity contribution < 1.29 is 9.50 Å². The van der Waals surface area contributed by atoms with Crippen molar-refractivity contribution >= 4 is 11.6 Å². The second-order valence-corrected chi connectivity index (χ2v) is 3.92. The molecule has 5 heteroatoms. The van der Waals surface area contributed by atoms with Crippen LogP contribution in [0.15, 0.2) is 24.4 Å². The van der Waals surface area contributed by atoms with E-state index in [1.807, 2.05) is 0 Å². The average molecular weight is 241 g/mol. The second-order valence-electron chi connectivity index (χ2n) is 3.52. The van der Waals surface area contributed by atoms with E-state index in [0.717, 1.165) is 0 Å². The molecule has 0 amide bonds. The summed E-state index contributed by atoms with van der Waals surface area (Å²) >= 11 is 5.67. The summed E-state index contributed by atoms with van der Waals surface area (Å²) in [6.45, 7) is 0. The van der Waals surface area contributed by atoms with Gasteiger partial charge in [-0.1, -0.05) is 23.7 Å². The van der Waals surface area contributed by atoms with Gasteiger partial charge in [0.25, 0.3) is 0 Å². The van der Waals surface area contributed by atoms with Gasteiger partial charge in [0.1, 0.15) is 11.6 Å². The summed E-state index contributed by atoms with van der Waals surface area (Å²) in [4.78, 5) is 3.89. The molecular weight excluding hydrogens is 231 g/mol. The van der Waals surface area contributed by atoms with E-state index in [4.69, 9.17) is 11.6 Å². The molecule has 0 radical (unpaired) electrons. The lowest BCUT2D eigenvalue weighted by Gasteiger charge is -2.04. The Hall–Kier alpha value is -1.55. The quantitative estimate of drug-likeness (QED) is 0.876. The molecule has 84 valence electrons. The highest BCUT2D eigenvalue weighted by atomic mass is 35.5. The third-order valence-corrected chi connectivity index (χ3v) is 2.63. The fourth-order valence-corrected chi connectivity index (χ4v) is 1.70. The molecule has 3 nitrogen and oxygen atoms in total. The molecule has 0 bridgehead atoms. The molecule has 1 aromatic carbocycles. The Labute approximate surface area is 97.1 Å². The van der Waals surface area contributed by atoms with Gasteiger partial charge < -0.3 is 9.67 Å². The topological polar surface area (TPSA) is 38.0 Å². The summed E-state index contributed by atoms with van der Waals surface area (Å²) in [5.74, 6) is 0.0743. The van der Waals surface area contributed by atoms with Crippen molar-refractivity contribution in [2.45, 2.75) is 6.42 Å². The predicted octanol–water partition coefficient (Wildman–Crippen LogP) is 2.51. The van der Waals surface area contributed by atoms with E-state index in [-0.39, 0.29) is 10.9 Å². The first kappa shape index (κ1) is 11.0. The average Bonchev–Trinajstić information content (AvgIpc) is 2.53. The molecule has 16 heavy (non-hydrogen) atoms. The van der Waals surface area contributed by atoms with Crippen molar-refractivity contribution in [3.63, 3.8) is 0 Å². The molecule has 0 atom stereocenters. The highest BCUT2D eigenvalue weighted by Crippen LogP contribution is 2.20. The molecule has 1 N–H and O–H groups in total. The van der Waals surface area contributed by atoms with Crippen LogP contribution in [0.4, 0.5) is 4.39 Å². The van der Waals surface area contributed by atoms with Gasteiger partial charge in [-0.05, 0) is 11.6 Å². The maximum Gasteiger partial charge on any atom is 0.229 e. The Morgan fingerprint density at radius 1 is 1.50 bits per heavy atom. The van der Waals surface area contributed by atoms with Crippen LogP contribution in [0, 0.1) is 5.82 Å². The third-order valence-electron chi connectivity index (χ3n) is 2.34. The zero-order valence-electron chi connectivity index (χ0n) is 8.61. The molecule has 0 unspecified atom stereocenters. The number of aromatic nitrogens is 2. The zero-order chi connectivity index (χ0) is 11.7. The molecule has 0 aliphatic carbocycles. The number of imidazole rings is 1. The third kappa shape index (κ3) is 2.02. The zero-order valence-corrected chi connectivity index (χ0v) is 9.37. The number of rotatable bonds is 2. The van der Waals surface area contributed by atoms with Gasteiger partial charge in [0.15, 0.2) is 0 Å². The van der Waals surface area contributed by atoms with Crippen LogP contribution in [0.25, 0.3) is 0 Å². The van der Waals surface area contributed by atoms with Gasteiger partial charge in [0, 0.05) is 13.5 Å². The lowest BCUT2D eigenvalue weighted by molar-refractivity contribution is 0.455. The van der Waals surface area contributed by atoms with Crippen molar-refractivity contribution in [3.05, 3.63) is 46.6 Å². The van der Waals surface area contributed by atoms with E-state index in [9.17, 15) is 9.50 Å². The van der Waals surface area contributed by atoms with E-state index in [1.54, 1.807) is 23.7 Å². The van der Waals surface area contributed by atoms with Gasteiger partial charge in [-0.25, -0.2) is 4.39 Å². The van der Waals surface area contributed by atoms with E-state index >= 15 is 0 Å². The van der Waals surface area contributed by atoms with Crippen LogP contribution in [0.3, 0.4) is 0 Å². The predicted molar refractivity (Wildman–Crippen MR) is 59.1 cm³/mol. The molecule has 0 aliphatic rings. The SMILES string of the molecule is Cn1cc(O)nc1Cc1cccc(Cl)c1F. The molecular formula is C11H10ClFN2O. The molecule has 1 heterocycles. The molecule has 0 saturated heterocycles. The Morgan fingerprint density at radius 3 is 2.88 bits per heavy atom. The summed E-state index contributed by atoms with van der Waals surface area (Å²) in [7, 11) is 1.74. The molecule has 2 rings (SSSR count). The van der Waals surface area contributed by atoms with E-state index in [0.29, 0.717) is 17.8 Å². The fraction of sp³-hybridized carbons (Fsp3) is 0.182. The van der Waals surface area contributed by atoms with E-state index < -0.39 is 5.82 Å². The summed E-state index contributed by atoms with van der Waals surface area (Å²) in [6.07, 6.45) is 1.77. The van der Waals surface area contributed by atoms with Gasteiger partial charge in [-0.3, -0.25) is 0 Å². The Morgan fingerprint density at radius 2 is 2.25 bits per heavy atom. The number of hydrogen-bond acceptors (Lipinski definition) is 2. The van der Waals surface area contributed by atoms with Crippen LogP contribution in [0.5, 0.6) is 5.88 Å². The number of aryl methyl sites for hydroxylation is 1. The lowest BCUT2D eigenvalue weighted by Crippen LogP contribution is -2.00. The minimum Gasteiger partial charge on any atom is -0.492 e. The van der Waals surface area contributed by atoms with E-state index in [1.165, 1.54) is 12.3 Å². The summed E-state index contributed by atoms with van der Waals surface area (Å²) < 4.78 is 15.2. The number of hydrogen-bond donors (Lipinski definition) is 1. The maximum atomic E-state index is 13.6. The van der Waals surface area contributed by atoms with Crippen molar-refractivity contribution in [2.24, 2.45) is 7.05 Å². The van der Waals surface area contributed by atoms with Crippen LogP contribution in [0.1, 0.15) is 11.4 Å². The van der Waals surface area contributed by atoms with Crippen LogP contribution < -0.4 is 0 Å². The second kappa shape index (κ2) is 4.14. The smallest absolute Gasteiger partial charge is 0.229 e. The number of nitrogens with zero attached hydrogens (tertiary/aromatic N) is 2. The van der Waals surface area contributed by atoms with Crippen molar-refractivity contribution in [1.82, 2.24) is 9.55 Å². The van der Waals surface area contributed by atoms with Gasteiger partial charge in [0.2, 0.25) is 5.88 Å². The normalized spacial score (nSPS) is 10.7. The molecule has 0 spiro atoms. The summed E-state index contributed by atoms with van der Waals surface area (Å²) in [5, 5.41) is 9.28. The highest BCUT2D eigenvalue weighted by molar-refractivity contribution is 6.30. The Bertz CT molecular complexity index is 525. The molecule has 1 aromatic heterocycles. The molecule has 0 fully saturated rings. The van der Waals surface area contributed by atoms with E-state index in [2.05, 4.69) is 4.98 Å². The number of aromatic hydroxyl groups is 1. The fourth-order valence-electron chi connectivity index (χ4n) is 1.51. The maximum absolute atomic E-state index is 13.6. The monoisotopic (exact) mass is 240 g/mol. The Kier molecular flexibility index (Phi) is 2.83. The summed E-state index contributed by atoms with van der Waals surface area (Å²) in [6, 6.07) is 4.83. The minimum absolute atomic E-state index is 0.0695. The first-order chi connectivity index (χ1) is 7.58. The van der Waals surface area contributed by atoms with Crippen LogP contribution in [-0.2, 0) is 13.5 Å². The van der Waals surface area contributed by atoms with Crippen molar-refractivity contribution in [2.75, 3.05) is 0 Å². The van der Waals surface area contributed by atoms with Gasteiger partial charge in [-0.2, -0.15) is 4.98 Å². The standard InChI is InChI=1S/C11H10ClFN2O/c1-15-6-10(16)14-9(15)5-7-3-2-4-8(12)11(7)13/h2-4,6,16H,5H2,1H3. The van der Waals surface area contributed by atoms with Crippen LogP contribution in [0.2, 0.25) is 5.02 Å². The van der Waals surface area contributed by atoms with Gasteiger partial charge in [0.05, 0.1) is 11.2 Å². The van der Waals surface area contributed by atoms with Crippen LogP contribution >= 0.6 is 11.6 Å². The minimum atomic E-state index is -0.438. The molecule has 0 aliphatic heterocycles. The van der Waals surface area contributed by atoms with Crippen molar-refractivity contribution in [3.8, 4) is 5.88 Å². The number of benzene rings is 1. The molecule has 2 aromatic rings. The first-order valence-electron chi connectivity index (χ1n) is 4.72. The lowest BCUT2D eigenvalue weighted by atomic mass is 10.1. The highest BCUT2D eigenvalue weighted by Gasteiger charge is 2.10. The van der Waals surface area contributed by atoms with Crippen LogP contribution in [-0.4, -0.2) is 14.7 Å². The largest absolute Gasteiger partial charge is 0.492 e. The molecule has 0 saturated carbocycles. The Balaban J connectivity index is 2.34. The first-order valence-corrected chi connectivity index (χ1v) is 5.10. The van der Waals surface area contributed by atoms with Crippen molar-refractivity contribution in [1.29, 1.82) is 0 Å².